The van der Waals surface area contributed by atoms with Crippen LogP contribution in [0.5, 0.6) is 0 Å². The standard InChI is InChI=1S/C30H58O4/c1-5-9-17-25(7-3)23-28(24-26(8-4)18-10-6-2)27(21-22-30(33)34)19-15-13-11-12-14-16-20-29(31)32/h25-28H,5-24H2,1-4H3,(H,31,32)(H,33,34). The molecule has 4 nitrogen and oxygen atoms in total. The second-order valence-corrected chi connectivity index (χ2v) is 10.8. The number of unbranched alkanes of at least 4 members (excludes halogenated alkanes) is 7. The summed E-state index contributed by atoms with van der Waals surface area (Å²) in [6.07, 6.45) is 21.8. The number of carboxylic acid groups (broad SMARTS) is 2. The largest absolute Gasteiger partial charge is 0.481 e. The van der Waals surface area contributed by atoms with Crippen LogP contribution in [0.3, 0.4) is 0 Å². The lowest BCUT2D eigenvalue weighted by Gasteiger charge is -2.33. The molecule has 4 heteroatoms. The second kappa shape index (κ2) is 22.4. The van der Waals surface area contributed by atoms with Gasteiger partial charge in [0.2, 0.25) is 0 Å². The van der Waals surface area contributed by atoms with Gasteiger partial charge in [-0.15, -0.1) is 0 Å². The monoisotopic (exact) mass is 482 g/mol. The number of hydrogen-bond acceptors (Lipinski definition) is 2. The van der Waals surface area contributed by atoms with Gasteiger partial charge >= 0.3 is 11.9 Å². The Balaban J connectivity index is 5.08. The third-order valence-electron chi connectivity index (χ3n) is 7.97. The molecule has 2 N–H and O–H groups in total. The molecule has 34 heavy (non-hydrogen) atoms. The van der Waals surface area contributed by atoms with Crippen molar-refractivity contribution in [3.05, 3.63) is 0 Å². The number of aliphatic carboxylic acids is 2. The Labute approximate surface area is 211 Å². The molecular formula is C30H58O4. The molecule has 0 aliphatic heterocycles. The molecule has 3 unspecified atom stereocenters. The highest BCUT2D eigenvalue weighted by atomic mass is 16.4. The van der Waals surface area contributed by atoms with Gasteiger partial charge in [-0.25, -0.2) is 0 Å². The van der Waals surface area contributed by atoms with Crippen molar-refractivity contribution in [2.75, 3.05) is 0 Å². The Kier molecular flexibility index (Phi) is 21.7. The summed E-state index contributed by atoms with van der Waals surface area (Å²) in [6, 6.07) is 0. The van der Waals surface area contributed by atoms with Crippen molar-refractivity contribution in [2.24, 2.45) is 23.7 Å². The van der Waals surface area contributed by atoms with Gasteiger partial charge in [0.1, 0.15) is 0 Å². The molecule has 202 valence electrons. The predicted octanol–water partition coefficient (Wildman–Crippen LogP) is 9.50. The van der Waals surface area contributed by atoms with Crippen LogP contribution in [-0.2, 0) is 9.59 Å². The predicted molar refractivity (Wildman–Crippen MR) is 144 cm³/mol. The topological polar surface area (TPSA) is 74.6 Å². The molecule has 0 aromatic rings. The first-order chi connectivity index (χ1) is 16.4. The van der Waals surface area contributed by atoms with E-state index in [1.165, 1.54) is 77.0 Å². The molecule has 0 aliphatic carbocycles. The number of carbonyl (C=O) groups is 2. The summed E-state index contributed by atoms with van der Waals surface area (Å²) in [4.78, 5) is 22.1. The zero-order chi connectivity index (χ0) is 25.6. The van der Waals surface area contributed by atoms with E-state index in [1.807, 2.05) is 0 Å². The fourth-order valence-electron chi connectivity index (χ4n) is 5.61. The highest BCUT2D eigenvalue weighted by Crippen LogP contribution is 2.38. The van der Waals surface area contributed by atoms with Crippen LogP contribution in [0.15, 0.2) is 0 Å². The molecule has 0 fully saturated rings. The molecule has 0 radical (unpaired) electrons. The Bertz CT molecular complexity index is 472. The highest BCUT2D eigenvalue weighted by molar-refractivity contribution is 5.66. The fourth-order valence-corrected chi connectivity index (χ4v) is 5.61. The minimum Gasteiger partial charge on any atom is -0.481 e. The Hall–Kier alpha value is -1.06. The molecule has 0 spiro atoms. The van der Waals surface area contributed by atoms with Crippen LogP contribution in [0.1, 0.15) is 156 Å². The smallest absolute Gasteiger partial charge is 0.303 e. The van der Waals surface area contributed by atoms with Gasteiger partial charge < -0.3 is 10.2 Å². The molecule has 0 saturated carbocycles. The lowest BCUT2D eigenvalue weighted by molar-refractivity contribution is -0.138. The molecule has 0 saturated heterocycles. The minimum absolute atomic E-state index is 0.284. The Morgan fingerprint density at radius 1 is 0.529 bits per heavy atom. The van der Waals surface area contributed by atoms with E-state index in [1.54, 1.807) is 0 Å². The van der Waals surface area contributed by atoms with E-state index in [0.717, 1.165) is 50.4 Å². The van der Waals surface area contributed by atoms with E-state index in [2.05, 4.69) is 27.7 Å². The third-order valence-corrected chi connectivity index (χ3v) is 7.97. The first-order valence-corrected chi connectivity index (χ1v) is 14.8. The summed E-state index contributed by atoms with van der Waals surface area (Å²) in [7, 11) is 0. The maximum absolute atomic E-state index is 11.4. The molecule has 0 aliphatic rings. The fraction of sp³-hybridized carbons (Fsp3) is 0.933. The second-order valence-electron chi connectivity index (χ2n) is 10.8. The molecule has 0 heterocycles. The maximum atomic E-state index is 11.4. The van der Waals surface area contributed by atoms with Crippen LogP contribution in [0.2, 0.25) is 0 Å². The third kappa shape index (κ3) is 18.3. The molecule has 0 aromatic carbocycles. The average Bonchev–Trinajstić information content (AvgIpc) is 2.81. The zero-order valence-corrected chi connectivity index (χ0v) is 23.2. The number of hydrogen-bond donors (Lipinski definition) is 2. The Morgan fingerprint density at radius 2 is 1.00 bits per heavy atom. The molecule has 0 amide bonds. The first-order valence-electron chi connectivity index (χ1n) is 14.8. The first kappa shape index (κ1) is 32.9. The van der Waals surface area contributed by atoms with E-state index >= 15 is 0 Å². The van der Waals surface area contributed by atoms with Gasteiger partial charge in [-0.2, -0.15) is 0 Å². The van der Waals surface area contributed by atoms with Crippen LogP contribution < -0.4 is 0 Å². The van der Waals surface area contributed by atoms with E-state index in [9.17, 15) is 14.7 Å². The van der Waals surface area contributed by atoms with E-state index in [-0.39, 0.29) is 6.42 Å². The SMILES string of the molecule is CCCCC(CC)CC(CC(CC)CCCC)C(CCCCCCCCC(=O)O)CCC(=O)O. The van der Waals surface area contributed by atoms with Crippen molar-refractivity contribution in [1.29, 1.82) is 0 Å². The summed E-state index contributed by atoms with van der Waals surface area (Å²) in [5, 5.41) is 18.2. The molecule has 3 atom stereocenters. The number of rotatable bonds is 25. The van der Waals surface area contributed by atoms with Crippen LogP contribution in [-0.4, -0.2) is 22.2 Å². The lowest BCUT2D eigenvalue weighted by Crippen LogP contribution is -2.23. The average molecular weight is 483 g/mol. The van der Waals surface area contributed by atoms with Gasteiger partial charge in [0.25, 0.3) is 0 Å². The van der Waals surface area contributed by atoms with Gasteiger partial charge in [0.15, 0.2) is 0 Å². The van der Waals surface area contributed by atoms with Crippen molar-refractivity contribution >= 4 is 11.9 Å². The summed E-state index contributed by atoms with van der Waals surface area (Å²) < 4.78 is 0. The Morgan fingerprint density at radius 3 is 1.44 bits per heavy atom. The van der Waals surface area contributed by atoms with Gasteiger partial charge in [-0.3, -0.25) is 9.59 Å². The van der Waals surface area contributed by atoms with Crippen LogP contribution >= 0.6 is 0 Å². The van der Waals surface area contributed by atoms with E-state index < -0.39 is 11.9 Å². The van der Waals surface area contributed by atoms with Crippen molar-refractivity contribution < 1.29 is 19.8 Å². The maximum Gasteiger partial charge on any atom is 0.303 e. The van der Waals surface area contributed by atoms with Gasteiger partial charge in [0.05, 0.1) is 0 Å². The summed E-state index contributed by atoms with van der Waals surface area (Å²) in [6.45, 7) is 9.23. The minimum atomic E-state index is -0.694. The van der Waals surface area contributed by atoms with Gasteiger partial charge in [-0.05, 0) is 49.4 Å². The van der Waals surface area contributed by atoms with Crippen molar-refractivity contribution in [3.8, 4) is 0 Å². The quantitative estimate of drug-likeness (QED) is 0.127. The van der Waals surface area contributed by atoms with Crippen molar-refractivity contribution in [3.63, 3.8) is 0 Å². The van der Waals surface area contributed by atoms with Gasteiger partial charge in [-0.1, -0.05) is 118 Å². The highest BCUT2D eigenvalue weighted by Gasteiger charge is 2.27. The zero-order valence-electron chi connectivity index (χ0n) is 23.2. The normalized spacial score (nSPS) is 15.1. The molecule has 0 aromatic heterocycles. The molecule has 0 rings (SSSR count). The lowest BCUT2D eigenvalue weighted by atomic mass is 9.72. The molecule has 0 bridgehead atoms. The van der Waals surface area contributed by atoms with E-state index in [0.29, 0.717) is 18.3 Å². The summed E-state index contributed by atoms with van der Waals surface area (Å²) in [5.74, 6) is 1.37. The van der Waals surface area contributed by atoms with Crippen LogP contribution in [0.4, 0.5) is 0 Å². The summed E-state index contributed by atoms with van der Waals surface area (Å²) in [5.41, 5.74) is 0. The van der Waals surface area contributed by atoms with Crippen molar-refractivity contribution in [1.82, 2.24) is 0 Å². The number of carboxylic acids is 2. The summed E-state index contributed by atoms with van der Waals surface area (Å²) >= 11 is 0. The van der Waals surface area contributed by atoms with Crippen LogP contribution in [0, 0.1) is 23.7 Å². The van der Waals surface area contributed by atoms with Crippen molar-refractivity contribution in [2.45, 2.75) is 156 Å². The molecular weight excluding hydrogens is 424 g/mol. The van der Waals surface area contributed by atoms with Crippen LogP contribution in [0.25, 0.3) is 0 Å². The van der Waals surface area contributed by atoms with E-state index in [4.69, 9.17) is 5.11 Å². The van der Waals surface area contributed by atoms with Gasteiger partial charge in [0, 0.05) is 12.8 Å².